The summed E-state index contributed by atoms with van der Waals surface area (Å²) in [7, 11) is 1.43. The number of methoxy groups -OCH3 is 1. The summed E-state index contributed by atoms with van der Waals surface area (Å²) < 4.78 is 9.71. The molecular weight excluding hydrogens is 210 g/mol. The molecule has 16 heavy (non-hydrogen) atoms. The monoisotopic (exact) mass is 225 g/mol. The summed E-state index contributed by atoms with van der Waals surface area (Å²) in [5.74, 6) is -0.227. The number of aromatic hydroxyl groups is 1. The fourth-order valence-corrected chi connectivity index (χ4v) is 1.26. The Labute approximate surface area is 93.8 Å². The molecule has 0 aliphatic carbocycles. The van der Waals surface area contributed by atoms with Crippen molar-refractivity contribution in [1.29, 1.82) is 0 Å². The number of hydrogen-bond donors (Lipinski definition) is 2. The van der Waals surface area contributed by atoms with Gasteiger partial charge in [0, 0.05) is 0 Å². The van der Waals surface area contributed by atoms with Crippen LogP contribution in [0.1, 0.15) is 18.5 Å². The van der Waals surface area contributed by atoms with Gasteiger partial charge in [0.2, 0.25) is 0 Å². The number of carbonyl (C=O) groups excluding carboxylic acids is 1. The first-order chi connectivity index (χ1) is 7.60. The van der Waals surface area contributed by atoms with Crippen LogP contribution >= 0.6 is 0 Å². The number of hydrogen-bond acceptors (Lipinski definition) is 5. The van der Waals surface area contributed by atoms with E-state index in [1.807, 2.05) is 0 Å². The minimum atomic E-state index is -0.866. The zero-order valence-electron chi connectivity index (χ0n) is 9.27. The molecule has 0 saturated heterocycles. The lowest BCUT2D eigenvalue weighted by molar-refractivity contribution is -0.144. The number of nitrogens with two attached hydrogens (primary N) is 1. The molecule has 1 aromatic carbocycles. The molecule has 0 amide bonds. The van der Waals surface area contributed by atoms with Gasteiger partial charge in [0.05, 0.1) is 13.7 Å². The van der Waals surface area contributed by atoms with Crippen LogP contribution in [-0.2, 0) is 9.53 Å². The first kappa shape index (κ1) is 12.3. The molecule has 0 radical (unpaired) electrons. The van der Waals surface area contributed by atoms with Gasteiger partial charge in [-0.1, -0.05) is 6.07 Å². The molecule has 1 atom stereocenters. The molecule has 0 fully saturated rings. The Kier molecular flexibility index (Phi) is 4.13. The van der Waals surface area contributed by atoms with Crippen molar-refractivity contribution in [3.8, 4) is 11.5 Å². The van der Waals surface area contributed by atoms with Gasteiger partial charge < -0.3 is 20.3 Å². The highest BCUT2D eigenvalue weighted by Gasteiger charge is 2.18. The zero-order valence-corrected chi connectivity index (χ0v) is 9.27. The maximum absolute atomic E-state index is 11.4. The van der Waals surface area contributed by atoms with Gasteiger partial charge in [-0.3, -0.25) is 0 Å². The largest absolute Gasteiger partial charge is 0.504 e. The minimum absolute atomic E-state index is 0.00214. The summed E-state index contributed by atoms with van der Waals surface area (Å²) in [6.07, 6.45) is 0. The first-order valence-corrected chi connectivity index (χ1v) is 4.89. The van der Waals surface area contributed by atoms with Crippen LogP contribution in [0.3, 0.4) is 0 Å². The summed E-state index contributed by atoms with van der Waals surface area (Å²) in [5.41, 5.74) is 6.22. The normalized spacial score (nSPS) is 11.9. The number of phenolic OH excluding ortho intramolecular Hbond substituents is 1. The Morgan fingerprint density at radius 2 is 2.25 bits per heavy atom. The second-order valence-corrected chi connectivity index (χ2v) is 3.16. The maximum Gasteiger partial charge on any atom is 0.327 e. The highest BCUT2D eigenvalue weighted by Crippen LogP contribution is 2.28. The molecule has 1 rings (SSSR count). The van der Waals surface area contributed by atoms with E-state index >= 15 is 0 Å². The van der Waals surface area contributed by atoms with Crippen molar-refractivity contribution in [2.24, 2.45) is 5.73 Å². The van der Waals surface area contributed by atoms with E-state index in [9.17, 15) is 9.90 Å². The van der Waals surface area contributed by atoms with Gasteiger partial charge in [0.25, 0.3) is 0 Å². The number of phenols is 1. The van der Waals surface area contributed by atoms with Crippen molar-refractivity contribution in [2.75, 3.05) is 13.7 Å². The standard InChI is InChI=1S/C11H15NO4/c1-3-16-11(14)10(12)7-4-5-8(13)9(6-7)15-2/h4-6,10,13H,3,12H2,1-2H3. The quantitative estimate of drug-likeness (QED) is 0.746. The van der Waals surface area contributed by atoms with E-state index in [-0.39, 0.29) is 18.1 Å². The molecule has 0 saturated carbocycles. The molecule has 0 aromatic heterocycles. The van der Waals surface area contributed by atoms with Crippen LogP contribution in [0.5, 0.6) is 11.5 Å². The average Bonchev–Trinajstić information content (AvgIpc) is 2.29. The van der Waals surface area contributed by atoms with Crippen LogP contribution in [0.2, 0.25) is 0 Å². The molecule has 5 nitrogen and oxygen atoms in total. The van der Waals surface area contributed by atoms with Crippen LogP contribution in [-0.4, -0.2) is 24.8 Å². The fourth-order valence-electron chi connectivity index (χ4n) is 1.26. The van der Waals surface area contributed by atoms with E-state index in [4.69, 9.17) is 15.2 Å². The number of rotatable bonds is 4. The molecule has 5 heteroatoms. The lowest BCUT2D eigenvalue weighted by Crippen LogP contribution is -2.23. The molecule has 1 unspecified atom stereocenters. The molecule has 0 heterocycles. The molecule has 0 spiro atoms. The molecule has 0 aliphatic heterocycles. The van der Waals surface area contributed by atoms with E-state index < -0.39 is 12.0 Å². The summed E-state index contributed by atoms with van der Waals surface area (Å²) in [4.78, 5) is 11.4. The smallest absolute Gasteiger partial charge is 0.327 e. The van der Waals surface area contributed by atoms with Crippen molar-refractivity contribution in [3.05, 3.63) is 23.8 Å². The first-order valence-electron chi connectivity index (χ1n) is 4.89. The Hall–Kier alpha value is -1.75. The second-order valence-electron chi connectivity index (χ2n) is 3.16. The van der Waals surface area contributed by atoms with Gasteiger partial charge in [-0.25, -0.2) is 4.79 Å². The topological polar surface area (TPSA) is 81.8 Å². The highest BCUT2D eigenvalue weighted by atomic mass is 16.5. The Bertz CT molecular complexity index is 378. The molecule has 88 valence electrons. The van der Waals surface area contributed by atoms with Crippen LogP contribution in [0, 0.1) is 0 Å². The highest BCUT2D eigenvalue weighted by molar-refractivity contribution is 5.77. The van der Waals surface area contributed by atoms with Crippen molar-refractivity contribution in [2.45, 2.75) is 13.0 Å². The van der Waals surface area contributed by atoms with Crippen molar-refractivity contribution < 1.29 is 19.4 Å². The molecule has 1 aromatic rings. The molecule has 0 bridgehead atoms. The molecule has 0 aliphatic rings. The molecular formula is C11H15NO4. The number of carbonyl (C=O) groups is 1. The predicted molar refractivity (Wildman–Crippen MR) is 58.2 cm³/mol. The van der Waals surface area contributed by atoms with Gasteiger partial charge in [-0.15, -0.1) is 0 Å². The Morgan fingerprint density at radius 1 is 1.56 bits per heavy atom. The predicted octanol–water partition coefficient (Wildman–Crippen LogP) is 0.964. The summed E-state index contributed by atoms with van der Waals surface area (Å²) in [6, 6.07) is 3.62. The van der Waals surface area contributed by atoms with Gasteiger partial charge in [0.1, 0.15) is 6.04 Å². The van der Waals surface area contributed by atoms with Crippen LogP contribution in [0.4, 0.5) is 0 Å². The third kappa shape index (κ3) is 2.64. The van der Waals surface area contributed by atoms with E-state index in [2.05, 4.69) is 0 Å². The van der Waals surface area contributed by atoms with Gasteiger partial charge in [-0.05, 0) is 24.6 Å². The minimum Gasteiger partial charge on any atom is -0.504 e. The van der Waals surface area contributed by atoms with E-state index in [1.165, 1.54) is 19.2 Å². The SMILES string of the molecule is CCOC(=O)C(N)c1ccc(O)c(OC)c1. The average molecular weight is 225 g/mol. The van der Waals surface area contributed by atoms with Crippen LogP contribution in [0.25, 0.3) is 0 Å². The second kappa shape index (κ2) is 5.37. The Balaban J connectivity index is 2.91. The summed E-state index contributed by atoms with van der Waals surface area (Å²) in [5, 5.41) is 9.38. The van der Waals surface area contributed by atoms with Crippen LogP contribution in [0.15, 0.2) is 18.2 Å². The van der Waals surface area contributed by atoms with E-state index in [1.54, 1.807) is 13.0 Å². The number of esters is 1. The Morgan fingerprint density at radius 3 is 2.81 bits per heavy atom. The summed E-state index contributed by atoms with van der Waals surface area (Å²) >= 11 is 0. The van der Waals surface area contributed by atoms with Gasteiger partial charge in [0.15, 0.2) is 11.5 Å². The third-order valence-electron chi connectivity index (χ3n) is 2.10. The van der Waals surface area contributed by atoms with Crippen LogP contribution < -0.4 is 10.5 Å². The lowest BCUT2D eigenvalue weighted by Gasteiger charge is -2.12. The molecule has 3 N–H and O–H groups in total. The van der Waals surface area contributed by atoms with Gasteiger partial charge >= 0.3 is 5.97 Å². The third-order valence-corrected chi connectivity index (χ3v) is 2.10. The van der Waals surface area contributed by atoms with E-state index in [0.717, 1.165) is 0 Å². The fraction of sp³-hybridized carbons (Fsp3) is 0.364. The lowest BCUT2D eigenvalue weighted by atomic mass is 10.1. The van der Waals surface area contributed by atoms with Crippen molar-refractivity contribution >= 4 is 5.97 Å². The maximum atomic E-state index is 11.4. The van der Waals surface area contributed by atoms with Crippen molar-refractivity contribution in [3.63, 3.8) is 0 Å². The van der Waals surface area contributed by atoms with Gasteiger partial charge in [-0.2, -0.15) is 0 Å². The number of ether oxygens (including phenoxy) is 2. The van der Waals surface area contributed by atoms with E-state index in [0.29, 0.717) is 5.56 Å². The van der Waals surface area contributed by atoms with Crippen molar-refractivity contribution in [1.82, 2.24) is 0 Å². The number of benzene rings is 1. The zero-order chi connectivity index (χ0) is 12.1. The summed E-state index contributed by atoms with van der Waals surface area (Å²) in [6.45, 7) is 1.99.